The van der Waals surface area contributed by atoms with Gasteiger partial charge in [-0.15, -0.1) is 0 Å². The topological polar surface area (TPSA) is 55.1 Å². The molecule has 0 unspecified atom stereocenters. The Hall–Kier alpha value is -0.570. The van der Waals surface area contributed by atoms with Crippen molar-refractivity contribution in [3.8, 4) is 0 Å². The molecular weight excluding hydrogens is 164 g/mol. The van der Waals surface area contributed by atoms with Crippen LogP contribution in [0.5, 0.6) is 0 Å². The minimum absolute atomic E-state index is 0.180. The first-order valence-corrected chi connectivity index (χ1v) is 5.14. The predicted molar refractivity (Wildman–Crippen MR) is 53.3 cm³/mol. The Kier molecular flexibility index (Phi) is 3.31. The van der Waals surface area contributed by atoms with E-state index in [1.54, 1.807) is 0 Å². The van der Waals surface area contributed by atoms with Crippen molar-refractivity contribution in [2.45, 2.75) is 57.5 Å². The molecule has 3 N–H and O–H groups in total. The molecule has 0 aliphatic heterocycles. The summed E-state index contributed by atoms with van der Waals surface area (Å²) in [6.07, 6.45) is 5.27. The second-order valence-electron chi connectivity index (χ2n) is 4.31. The van der Waals surface area contributed by atoms with Crippen LogP contribution in [0.4, 0.5) is 0 Å². The summed E-state index contributed by atoms with van der Waals surface area (Å²) in [6.45, 7) is 4.11. The van der Waals surface area contributed by atoms with E-state index >= 15 is 0 Å². The van der Waals surface area contributed by atoms with Gasteiger partial charge in [0.1, 0.15) is 0 Å². The smallest absolute Gasteiger partial charge is 0.237 e. The van der Waals surface area contributed by atoms with Gasteiger partial charge in [-0.05, 0) is 26.7 Å². The summed E-state index contributed by atoms with van der Waals surface area (Å²) >= 11 is 0. The third kappa shape index (κ3) is 2.44. The predicted octanol–water partition coefficient (Wildman–Crippen LogP) is 1.17. The lowest BCUT2D eigenvalue weighted by Gasteiger charge is -2.36. The third-order valence-corrected chi connectivity index (χ3v) is 2.74. The Bertz CT molecular complexity index is 183. The normalized spacial score (nSPS) is 21.8. The standard InChI is InChI=1S/C10H20N2O/c1-8(2)12-10(9(11)13)6-4-3-5-7-10/h8,12H,3-7H2,1-2H3,(H2,11,13). The van der Waals surface area contributed by atoms with E-state index in [1.165, 1.54) is 6.42 Å². The van der Waals surface area contributed by atoms with Crippen LogP contribution in [-0.4, -0.2) is 17.5 Å². The van der Waals surface area contributed by atoms with E-state index in [9.17, 15) is 4.79 Å². The van der Waals surface area contributed by atoms with Crippen molar-refractivity contribution in [1.29, 1.82) is 0 Å². The van der Waals surface area contributed by atoms with Crippen LogP contribution < -0.4 is 11.1 Å². The highest BCUT2D eigenvalue weighted by Gasteiger charge is 2.37. The molecule has 1 rings (SSSR count). The zero-order chi connectivity index (χ0) is 9.90. The van der Waals surface area contributed by atoms with Gasteiger partial charge in [0.05, 0.1) is 5.54 Å². The van der Waals surface area contributed by atoms with Crippen LogP contribution in [0.2, 0.25) is 0 Å². The van der Waals surface area contributed by atoms with E-state index in [0.717, 1.165) is 25.7 Å². The van der Waals surface area contributed by atoms with Crippen molar-refractivity contribution < 1.29 is 4.79 Å². The van der Waals surface area contributed by atoms with Gasteiger partial charge in [-0.1, -0.05) is 19.3 Å². The van der Waals surface area contributed by atoms with E-state index < -0.39 is 5.54 Å². The molecule has 13 heavy (non-hydrogen) atoms. The Morgan fingerprint density at radius 2 is 1.85 bits per heavy atom. The largest absolute Gasteiger partial charge is 0.368 e. The zero-order valence-corrected chi connectivity index (χ0v) is 8.60. The average molecular weight is 184 g/mol. The molecule has 0 bridgehead atoms. The van der Waals surface area contributed by atoms with E-state index in [-0.39, 0.29) is 5.91 Å². The van der Waals surface area contributed by atoms with Crippen LogP contribution in [-0.2, 0) is 4.79 Å². The number of amides is 1. The van der Waals surface area contributed by atoms with Gasteiger partial charge in [0, 0.05) is 6.04 Å². The number of carbonyl (C=O) groups is 1. The van der Waals surface area contributed by atoms with Crippen molar-refractivity contribution in [1.82, 2.24) is 5.32 Å². The Morgan fingerprint density at radius 1 is 1.31 bits per heavy atom. The van der Waals surface area contributed by atoms with Crippen LogP contribution in [0.25, 0.3) is 0 Å². The first kappa shape index (κ1) is 10.5. The molecule has 3 nitrogen and oxygen atoms in total. The molecular formula is C10H20N2O. The van der Waals surface area contributed by atoms with Crippen molar-refractivity contribution in [2.75, 3.05) is 0 Å². The summed E-state index contributed by atoms with van der Waals surface area (Å²) in [5.41, 5.74) is 5.04. The van der Waals surface area contributed by atoms with Gasteiger partial charge in [-0.2, -0.15) is 0 Å². The average Bonchev–Trinajstić information content (AvgIpc) is 2.04. The summed E-state index contributed by atoms with van der Waals surface area (Å²) in [5.74, 6) is -0.180. The lowest BCUT2D eigenvalue weighted by Crippen LogP contribution is -2.58. The summed E-state index contributed by atoms with van der Waals surface area (Å²) in [4.78, 5) is 11.4. The molecule has 0 heterocycles. The first-order valence-electron chi connectivity index (χ1n) is 5.14. The molecule has 1 aliphatic carbocycles. The first-order chi connectivity index (χ1) is 6.07. The van der Waals surface area contributed by atoms with Gasteiger partial charge in [-0.3, -0.25) is 4.79 Å². The number of primary amides is 1. The van der Waals surface area contributed by atoms with Gasteiger partial charge >= 0.3 is 0 Å². The number of hydrogen-bond donors (Lipinski definition) is 2. The van der Waals surface area contributed by atoms with E-state index in [2.05, 4.69) is 19.2 Å². The molecule has 1 amide bonds. The van der Waals surface area contributed by atoms with Crippen molar-refractivity contribution in [3.63, 3.8) is 0 Å². The monoisotopic (exact) mass is 184 g/mol. The maximum absolute atomic E-state index is 11.4. The summed E-state index contributed by atoms with van der Waals surface area (Å²) in [6, 6.07) is 0.325. The fourth-order valence-corrected chi connectivity index (χ4v) is 2.17. The lowest BCUT2D eigenvalue weighted by molar-refractivity contribution is -0.126. The number of nitrogens with two attached hydrogens (primary N) is 1. The fourth-order valence-electron chi connectivity index (χ4n) is 2.17. The van der Waals surface area contributed by atoms with E-state index in [0.29, 0.717) is 6.04 Å². The van der Waals surface area contributed by atoms with Crippen LogP contribution >= 0.6 is 0 Å². The van der Waals surface area contributed by atoms with Gasteiger partial charge in [-0.25, -0.2) is 0 Å². The summed E-state index contributed by atoms with van der Waals surface area (Å²) < 4.78 is 0. The third-order valence-electron chi connectivity index (χ3n) is 2.74. The molecule has 76 valence electrons. The molecule has 0 saturated heterocycles. The molecule has 1 aliphatic rings. The quantitative estimate of drug-likeness (QED) is 0.692. The number of carbonyl (C=O) groups excluding carboxylic acids is 1. The van der Waals surface area contributed by atoms with Crippen molar-refractivity contribution in [2.24, 2.45) is 5.73 Å². The molecule has 0 aromatic heterocycles. The number of rotatable bonds is 3. The van der Waals surface area contributed by atoms with Crippen molar-refractivity contribution >= 4 is 5.91 Å². The Labute approximate surface area is 80.1 Å². The van der Waals surface area contributed by atoms with Crippen LogP contribution in [0.3, 0.4) is 0 Å². The molecule has 1 saturated carbocycles. The minimum Gasteiger partial charge on any atom is -0.368 e. The highest BCUT2D eigenvalue weighted by atomic mass is 16.1. The highest BCUT2D eigenvalue weighted by molar-refractivity contribution is 5.84. The van der Waals surface area contributed by atoms with Crippen LogP contribution in [0, 0.1) is 0 Å². The van der Waals surface area contributed by atoms with Gasteiger partial charge in [0.25, 0.3) is 0 Å². The molecule has 0 atom stereocenters. The molecule has 0 spiro atoms. The summed E-state index contributed by atoms with van der Waals surface area (Å²) in [5, 5.41) is 3.32. The Balaban J connectivity index is 2.67. The second-order valence-corrected chi connectivity index (χ2v) is 4.31. The fraction of sp³-hybridized carbons (Fsp3) is 0.900. The maximum atomic E-state index is 11.4. The molecule has 0 aromatic rings. The highest BCUT2D eigenvalue weighted by Crippen LogP contribution is 2.28. The number of hydrogen-bond acceptors (Lipinski definition) is 2. The maximum Gasteiger partial charge on any atom is 0.237 e. The van der Waals surface area contributed by atoms with E-state index in [1.807, 2.05) is 0 Å². The molecule has 0 aromatic carbocycles. The second kappa shape index (κ2) is 4.09. The van der Waals surface area contributed by atoms with E-state index in [4.69, 9.17) is 5.73 Å². The van der Waals surface area contributed by atoms with Gasteiger partial charge in [0.2, 0.25) is 5.91 Å². The number of nitrogens with one attached hydrogen (secondary N) is 1. The molecule has 0 radical (unpaired) electrons. The SMILES string of the molecule is CC(C)NC1(C(N)=O)CCCCC1. The zero-order valence-electron chi connectivity index (χ0n) is 8.60. The van der Waals surface area contributed by atoms with Gasteiger partial charge in [0.15, 0.2) is 0 Å². The Morgan fingerprint density at radius 3 is 2.23 bits per heavy atom. The van der Waals surface area contributed by atoms with Crippen LogP contribution in [0.1, 0.15) is 46.0 Å². The molecule has 1 fully saturated rings. The van der Waals surface area contributed by atoms with Crippen LogP contribution in [0.15, 0.2) is 0 Å². The minimum atomic E-state index is -0.410. The van der Waals surface area contributed by atoms with Crippen molar-refractivity contribution in [3.05, 3.63) is 0 Å². The lowest BCUT2D eigenvalue weighted by atomic mass is 9.80. The van der Waals surface area contributed by atoms with Gasteiger partial charge < -0.3 is 11.1 Å². The summed E-state index contributed by atoms with van der Waals surface area (Å²) in [7, 11) is 0. The molecule has 3 heteroatoms.